The second-order valence-corrected chi connectivity index (χ2v) is 8.64. The van der Waals surface area contributed by atoms with E-state index < -0.39 is 0 Å². The minimum atomic E-state index is -0.0274. The Bertz CT molecular complexity index is 1010. The first-order chi connectivity index (χ1) is 13.2. The summed E-state index contributed by atoms with van der Waals surface area (Å²) in [6.45, 7) is 3.21. The molecule has 0 saturated carbocycles. The first kappa shape index (κ1) is 18.2. The van der Waals surface area contributed by atoms with E-state index >= 15 is 0 Å². The first-order valence-electron chi connectivity index (χ1n) is 8.56. The van der Waals surface area contributed by atoms with Crippen LogP contribution in [0.3, 0.4) is 0 Å². The summed E-state index contributed by atoms with van der Waals surface area (Å²) in [5.74, 6) is -0.0274. The van der Waals surface area contributed by atoms with Crippen molar-refractivity contribution in [1.29, 1.82) is 0 Å². The molecule has 4 rings (SSSR count). The number of hydrogen-bond donors (Lipinski definition) is 0. The number of carbonyl (C=O) groups is 1. The monoisotopic (exact) mass is 411 g/mol. The molecular weight excluding hydrogens is 394 g/mol. The number of aromatic nitrogens is 2. The molecule has 0 bridgehead atoms. The normalized spacial score (nSPS) is 15.9. The highest BCUT2D eigenvalue weighted by Crippen LogP contribution is 2.35. The van der Waals surface area contributed by atoms with Gasteiger partial charge in [-0.1, -0.05) is 60.4 Å². The van der Waals surface area contributed by atoms with Gasteiger partial charge in [0.1, 0.15) is 10.0 Å². The predicted molar refractivity (Wildman–Crippen MR) is 117 cm³/mol. The van der Waals surface area contributed by atoms with Crippen LogP contribution in [0, 0.1) is 0 Å². The second-order valence-electron chi connectivity index (χ2n) is 6.02. The zero-order valence-corrected chi connectivity index (χ0v) is 17.1. The van der Waals surface area contributed by atoms with E-state index in [0.717, 1.165) is 16.1 Å². The van der Waals surface area contributed by atoms with E-state index in [9.17, 15) is 4.79 Å². The van der Waals surface area contributed by atoms with E-state index in [2.05, 4.69) is 18.2 Å². The van der Waals surface area contributed by atoms with Crippen molar-refractivity contribution in [2.45, 2.75) is 13.5 Å². The number of carbonyl (C=O) groups excluding carboxylic acids is 1. The van der Waals surface area contributed by atoms with Gasteiger partial charge in [0.2, 0.25) is 0 Å². The molecule has 4 nitrogen and oxygen atoms in total. The van der Waals surface area contributed by atoms with E-state index in [1.54, 1.807) is 16.2 Å². The molecule has 2 aromatic heterocycles. The highest BCUT2D eigenvalue weighted by atomic mass is 32.2. The van der Waals surface area contributed by atoms with Gasteiger partial charge in [0, 0.05) is 18.3 Å². The van der Waals surface area contributed by atoms with Gasteiger partial charge in [-0.3, -0.25) is 14.4 Å². The van der Waals surface area contributed by atoms with Crippen molar-refractivity contribution >= 4 is 51.6 Å². The van der Waals surface area contributed by atoms with E-state index in [4.69, 9.17) is 17.3 Å². The van der Waals surface area contributed by atoms with Gasteiger partial charge in [0.15, 0.2) is 0 Å². The smallest absolute Gasteiger partial charge is 0.266 e. The molecule has 0 unspecified atom stereocenters. The summed E-state index contributed by atoms with van der Waals surface area (Å²) >= 11 is 8.32. The van der Waals surface area contributed by atoms with Gasteiger partial charge in [-0.15, -0.1) is 11.3 Å². The van der Waals surface area contributed by atoms with E-state index in [1.165, 1.54) is 17.3 Å². The third-order valence-electron chi connectivity index (χ3n) is 4.21. The fourth-order valence-electron chi connectivity index (χ4n) is 2.91. The lowest BCUT2D eigenvalue weighted by molar-refractivity contribution is -0.121. The van der Waals surface area contributed by atoms with Crippen molar-refractivity contribution in [3.05, 3.63) is 70.1 Å². The number of thioether (sulfide) groups is 1. The lowest BCUT2D eigenvalue weighted by atomic mass is 10.2. The lowest BCUT2D eigenvalue weighted by Gasteiger charge is -2.09. The average molecular weight is 412 g/mol. The quantitative estimate of drug-likeness (QED) is 0.443. The maximum absolute atomic E-state index is 12.6. The number of hydrogen-bond acceptors (Lipinski definition) is 5. The summed E-state index contributed by atoms with van der Waals surface area (Å²) in [4.78, 5) is 15.9. The molecule has 7 heteroatoms. The van der Waals surface area contributed by atoms with Gasteiger partial charge in [-0.2, -0.15) is 5.10 Å². The minimum Gasteiger partial charge on any atom is -0.293 e. The molecule has 0 atom stereocenters. The fraction of sp³-hybridized carbons (Fsp3) is 0.150. The highest BCUT2D eigenvalue weighted by molar-refractivity contribution is 8.26. The van der Waals surface area contributed by atoms with Gasteiger partial charge in [0.25, 0.3) is 5.91 Å². The van der Waals surface area contributed by atoms with E-state index in [0.29, 0.717) is 22.3 Å². The molecular formula is C20H17N3OS3. The Kier molecular flexibility index (Phi) is 5.24. The maximum atomic E-state index is 12.6. The Labute approximate surface area is 171 Å². The van der Waals surface area contributed by atoms with Crippen LogP contribution in [0.2, 0.25) is 0 Å². The van der Waals surface area contributed by atoms with Crippen molar-refractivity contribution in [3.63, 3.8) is 0 Å². The van der Waals surface area contributed by atoms with Crippen LogP contribution in [0.15, 0.2) is 58.9 Å². The van der Waals surface area contributed by atoms with Crippen molar-refractivity contribution in [1.82, 2.24) is 14.7 Å². The predicted octanol–water partition coefficient (Wildman–Crippen LogP) is 4.88. The average Bonchev–Trinajstić information content (AvgIpc) is 3.37. The molecule has 1 amide bonds. The third-order valence-corrected chi connectivity index (χ3v) is 6.46. The van der Waals surface area contributed by atoms with Crippen LogP contribution in [-0.4, -0.2) is 31.5 Å². The van der Waals surface area contributed by atoms with Crippen LogP contribution in [0.25, 0.3) is 16.6 Å². The molecule has 0 N–H and O–H groups in total. The Morgan fingerprint density at radius 1 is 1.19 bits per heavy atom. The van der Waals surface area contributed by atoms with Gasteiger partial charge in [-0.25, -0.2) is 0 Å². The zero-order chi connectivity index (χ0) is 18.8. The van der Waals surface area contributed by atoms with Gasteiger partial charge in [0.05, 0.1) is 16.3 Å². The summed E-state index contributed by atoms with van der Waals surface area (Å²) in [6, 6.07) is 14.3. The maximum Gasteiger partial charge on any atom is 0.266 e. The van der Waals surface area contributed by atoms with Crippen molar-refractivity contribution < 1.29 is 4.79 Å². The number of benzene rings is 1. The second kappa shape index (κ2) is 7.80. The zero-order valence-electron chi connectivity index (χ0n) is 14.7. The van der Waals surface area contributed by atoms with Crippen LogP contribution in [0.1, 0.15) is 18.1 Å². The van der Waals surface area contributed by atoms with Crippen molar-refractivity contribution in [3.8, 4) is 10.6 Å². The molecule has 0 aliphatic carbocycles. The molecule has 1 aliphatic rings. The molecule has 27 heavy (non-hydrogen) atoms. The summed E-state index contributed by atoms with van der Waals surface area (Å²) in [5, 5.41) is 6.82. The van der Waals surface area contributed by atoms with Crippen LogP contribution in [0.5, 0.6) is 0 Å². The van der Waals surface area contributed by atoms with E-state index in [1.807, 2.05) is 53.5 Å². The lowest BCUT2D eigenvalue weighted by Crippen LogP contribution is -2.27. The molecule has 1 aromatic carbocycles. The number of thiocarbonyl (C=S) groups is 1. The fourth-order valence-corrected chi connectivity index (χ4v) is 5.02. The van der Waals surface area contributed by atoms with Crippen molar-refractivity contribution in [2.75, 3.05) is 6.54 Å². The molecule has 3 heterocycles. The SMILES string of the molecule is CCN1C(=O)/C(=C\c2cn(Cc3ccccc3)nc2-c2cccs2)SC1=S. The van der Waals surface area contributed by atoms with Gasteiger partial charge < -0.3 is 0 Å². The molecule has 1 fully saturated rings. The summed E-state index contributed by atoms with van der Waals surface area (Å²) in [5.41, 5.74) is 3.01. The number of likely N-dealkylation sites (N-methyl/N-ethyl adjacent to an activating group) is 1. The molecule has 0 spiro atoms. The minimum absolute atomic E-state index is 0.0274. The Hall–Kier alpha value is -2.22. The molecule has 1 aliphatic heterocycles. The van der Waals surface area contributed by atoms with Crippen LogP contribution in [-0.2, 0) is 11.3 Å². The Morgan fingerprint density at radius 3 is 2.67 bits per heavy atom. The number of amides is 1. The first-order valence-corrected chi connectivity index (χ1v) is 10.7. The molecule has 0 radical (unpaired) electrons. The topological polar surface area (TPSA) is 38.1 Å². The number of rotatable bonds is 5. The Balaban J connectivity index is 1.72. The summed E-state index contributed by atoms with van der Waals surface area (Å²) in [7, 11) is 0. The third kappa shape index (κ3) is 3.76. The highest BCUT2D eigenvalue weighted by Gasteiger charge is 2.31. The standard InChI is InChI=1S/C20H17N3OS3/c1-2-23-19(24)17(27-20(23)25)11-15-13-22(12-14-7-4-3-5-8-14)21-18(15)16-9-6-10-26-16/h3-11,13H,2,12H2,1H3/b17-11+. The number of thiophene rings is 1. The van der Waals surface area contributed by atoms with Crippen LogP contribution >= 0.6 is 35.3 Å². The van der Waals surface area contributed by atoms with Gasteiger partial charge in [-0.05, 0) is 30.0 Å². The molecule has 136 valence electrons. The number of nitrogens with zero attached hydrogens (tertiary/aromatic N) is 3. The molecule has 1 saturated heterocycles. The van der Waals surface area contributed by atoms with Crippen molar-refractivity contribution in [2.24, 2.45) is 0 Å². The summed E-state index contributed by atoms with van der Waals surface area (Å²) < 4.78 is 2.54. The van der Waals surface area contributed by atoms with Crippen LogP contribution < -0.4 is 0 Å². The summed E-state index contributed by atoms with van der Waals surface area (Å²) in [6.07, 6.45) is 3.92. The van der Waals surface area contributed by atoms with Crippen LogP contribution in [0.4, 0.5) is 0 Å². The Morgan fingerprint density at radius 2 is 2.00 bits per heavy atom. The van der Waals surface area contributed by atoms with Gasteiger partial charge >= 0.3 is 0 Å². The largest absolute Gasteiger partial charge is 0.293 e. The van der Waals surface area contributed by atoms with E-state index in [-0.39, 0.29) is 5.91 Å². The molecule has 3 aromatic rings.